The van der Waals surface area contributed by atoms with Gasteiger partial charge >= 0.3 is 0 Å². The molecule has 1 aromatic carbocycles. The Hall–Kier alpha value is -0.930. The van der Waals surface area contributed by atoms with E-state index >= 15 is 0 Å². The SMILES string of the molecule is COC(C)CC(=O)c1ccc(Cl)cc1F. The Labute approximate surface area is 93.0 Å². The summed E-state index contributed by atoms with van der Waals surface area (Å²) in [6.07, 6.45) is -0.0534. The van der Waals surface area contributed by atoms with Gasteiger partial charge in [0.25, 0.3) is 0 Å². The molecule has 0 aliphatic heterocycles. The molecule has 0 aromatic heterocycles. The summed E-state index contributed by atoms with van der Waals surface area (Å²) >= 11 is 5.58. The van der Waals surface area contributed by atoms with Crippen LogP contribution < -0.4 is 0 Å². The predicted octanol–water partition coefficient (Wildman–Crippen LogP) is 3.09. The van der Waals surface area contributed by atoms with Crippen LogP contribution >= 0.6 is 11.6 Å². The number of carbonyl (C=O) groups is 1. The van der Waals surface area contributed by atoms with Crippen molar-refractivity contribution in [2.24, 2.45) is 0 Å². The van der Waals surface area contributed by atoms with Gasteiger partial charge in [0, 0.05) is 18.6 Å². The second kappa shape index (κ2) is 5.24. The number of hydrogen-bond acceptors (Lipinski definition) is 2. The Bertz CT molecular complexity index is 366. The smallest absolute Gasteiger partial charge is 0.168 e. The molecular formula is C11H12ClFO2. The average Bonchev–Trinajstić information content (AvgIpc) is 2.17. The molecule has 0 saturated heterocycles. The summed E-state index contributed by atoms with van der Waals surface area (Å²) in [6.45, 7) is 1.76. The van der Waals surface area contributed by atoms with E-state index in [0.717, 1.165) is 6.07 Å². The first-order chi connectivity index (χ1) is 7.04. The fraction of sp³-hybridized carbons (Fsp3) is 0.364. The Morgan fingerprint density at radius 2 is 2.27 bits per heavy atom. The van der Waals surface area contributed by atoms with Gasteiger partial charge in [-0.2, -0.15) is 0 Å². The van der Waals surface area contributed by atoms with Crippen molar-refractivity contribution in [1.29, 1.82) is 0 Å². The summed E-state index contributed by atoms with van der Waals surface area (Å²) in [5.41, 5.74) is 0.0586. The van der Waals surface area contributed by atoms with Crippen LogP contribution in [0.5, 0.6) is 0 Å². The fourth-order valence-electron chi connectivity index (χ4n) is 1.17. The van der Waals surface area contributed by atoms with Crippen LogP contribution in [-0.2, 0) is 4.74 Å². The van der Waals surface area contributed by atoms with E-state index in [1.54, 1.807) is 6.92 Å². The maximum absolute atomic E-state index is 13.3. The van der Waals surface area contributed by atoms with Crippen molar-refractivity contribution < 1.29 is 13.9 Å². The molecule has 0 spiro atoms. The summed E-state index contributed by atoms with van der Waals surface area (Å²) in [5.74, 6) is -0.866. The zero-order valence-electron chi connectivity index (χ0n) is 8.59. The van der Waals surface area contributed by atoms with E-state index < -0.39 is 5.82 Å². The van der Waals surface area contributed by atoms with Crippen LogP contribution in [0, 0.1) is 5.82 Å². The lowest BCUT2D eigenvalue weighted by Crippen LogP contribution is -2.13. The normalized spacial score (nSPS) is 12.5. The molecule has 82 valence electrons. The van der Waals surface area contributed by atoms with Gasteiger partial charge < -0.3 is 4.74 Å². The molecule has 1 atom stereocenters. The van der Waals surface area contributed by atoms with Gasteiger partial charge in [-0.1, -0.05) is 11.6 Å². The molecule has 0 aliphatic carbocycles. The van der Waals surface area contributed by atoms with Crippen molar-refractivity contribution in [2.45, 2.75) is 19.4 Å². The highest BCUT2D eigenvalue weighted by Gasteiger charge is 2.14. The first kappa shape index (κ1) is 12.1. The molecule has 1 rings (SSSR count). The Morgan fingerprint density at radius 3 is 2.80 bits per heavy atom. The van der Waals surface area contributed by atoms with E-state index in [-0.39, 0.29) is 28.9 Å². The average molecular weight is 231 g/mol. The summed E-state index contributed by atoms with van der Waals surface area (Å²) in [7, 11) is 1.51. The third-order valence-electron chi connectivity index (χ3n) is 2.11. The van der Waals surface area contributed by atoms with Gasteiger partial charge in [0.05, 0.1) is 11.7 Å². The zero-order chi connectivity index (χ0) is 11.4. The third-order valence-corrected chi connectivity index (χ3v) is 2.34. The highest BCUT2D eigenvalue weighted by Crippen LogP contribution is 2.16. The van der Waals surface area contributed by atoms with Crippen LogP contribution in [0.3, 0.4) is 0 Å². The fourth-order valence-corrected chi connectivity index (χ4v) is 1.33. The van der Waals surface area contributed by atoms with Crippen LogP contribution in [0.25, 0.3) is 0 Å². The van der Waals surface area contributed by atoms with E-state index in [9.17, 15) is 9.18 Å². The standard InChI is InChI=1S/C11H12ClFO2/c1-7(15-2)5-11(14)9-4-3-8(12)6-10(9)13/h3-4,6-7H,5H2,1-2H3. The van der Waals surface area contributed by atoms with Crippen LogP contribution in [-0.4, -0.2) is 19.0 Å². The summed E-state index contributed by atoms with van der Waals surface area (Å²) in [5, 5.41) is 0.281. The molecule has 1 aromatic rings. The van der Waals surface area contributed by atoms with Gasteiger partial charge in [-0.25, -0.2) is 4.39 Å². The summed E-state index contributed by atoms with van der Waals surface area (Å²) < 4.78 is 18.2. The van der Waals surface area contributed by atoms with Crippen LogP contribution in [0.2, 0.25) is 5.02 Å². The monoisotopic (exact) mass is 230 g/mol. The second-order valence-corrected chi connectivity index (χ2v) is 3.73. The van der Waals surface area contributed by atoms with Gasteiger partial charge in [-0.15, -0.1) is 0 Å². The van der Waals surface area contributed by atoms with Crippen molar-refractivity contribution in [1.82, 2.24) is 0 Å². The predicted molar refractivity (Wildman–Crippen MR) is 56.8 cm³/mol. The largest absolute Gasteiger partial charge is 0.381 e. The number of hydrogen-bond donors (Lipinski definition) is 0. The van der Waals surface area contributed by atoms with Gasteiger partial charge in [0.15, 0.2) is 5.78 Å². The van der Waals surface area contributed by atoms with E-state index in [1.807, 2.05) is 0 Å². The number of ether oxygens (including phenoxy) is 1. The first-order valence-electron chi connectivity index (χ1n) is 4.55. The minimum absolute atomic E-state index is 0.0586. The lowest BCUT2D eigenvalue weighted by molar-refractivity contribution is 0.0788. The lowest BCUT2D eigenvalue weighted by atomic mass is 10.1. The number of carbonyl (C=O) groups excluding carboxylic acids is 1. The van der Waals surface area contributed by atoms with Crippen molar-refractivity contribution in [2.75, 3.05) is 7.11 Å². The molecule has 0 saturated carbocycles. The molecule has 0 heterocycles. The van der Waals surface area contributed by atoms with Crippen molar-refractivity contribution in [3.8, 4) is 0 Å². The van der Waals surface area contributed by atoms with Gasteiger partial charge in [-0.3, -0.25) is 4.79 Å². The van der Waals surface area contributed by atoms with Gasteiger partial charge in [0.1, 0.15) is 5.82 Å². The van der Waals surface area contributed by atoms with Crippen LogP contribution in [0.1, 0.15) is 23.7 Å². The molecule has 0 aliphatic rings. The molecule has 0 bridgehead atoms. The zero-order valence-corrected chi connectivity index (χ0v) is 9.34. The number of ketones is 1. The van der Waals surface area contributed by atoms with E-state index in [0.29, 0.717) is 0 Å². The molecule has 0 radical (unpaired) electrons. The number of rotatable bonds is 4. The number of methoxy groups -OCH3 is 1. The van der Waals surface area contributed by atoms with Crippen molar-refractivity contribution in [3.05, 3.63) is 34.6 Å². The Kier molecular flexibility index (Phi) is 4.24. The molecule has 0 amide bonds. The molecule has 1 unspecified atom stereocenters. The minimum Gasteiger partial charge on any atom is -0.381 e. The van der Waals surface area contributed by atoms with Gasteiger partial charge in [-0.05, 0) is 25.1 Å². The van der Waals surface area contributed by atoms with Crippen LogP contribution in [0.15, 0.2) is 18.2 Å². The Morgan fingerprint density at radius 1 is 1.60 bits per heavy atom. The summed E-state index contributed by atoms with van der Waals surface area (Å²) in [6, 6.07) is 4.02. The molecular weight excluding hydrogens is 219 g/mol. The Balaban J connectivity index is 2.82. The molecule has 4 heteroatoms. The summed E-state index contributed by atoms with van der Waals surface area (Å²) in [4.78, 5) is 11.6. The lowest BCUT2D eigenvalue weighted by Gasteiger charge is -2.08. The van der Waals surface area contributed by atoms with Gasteiger partial charge in [0.2, 0.25) is 0 Å². The maximum atomic E-state index is 13.3. The minimum atomic E-state index is -0.587. The van der Waals surface area contributed by atoms with Crippen molar-refractivity contribution in [3.63, 3.8) is 0 Å². The highest BCUT2D eigenvalue weighted by molar-refractivity contribution is 6.30. The third kappa shape index (κ3) is 3.29. The molecule has 15 heavy (non-hydrogen) atoms. The molecule has 2 nitrogen and oxygen atoms in total. The van der Waals surface area contributed by atoms with E-state index in [2.05, 4.69) is 0 Å². The van der Waals surface area contributed by atoms with E-state index in [1.165, 1.54) is 19.2 Å². The van der Waals surface area contributed by atoms with Crippen LogP contribution in [0.4, 0.5) is 4.39 Å². The second-order valence-electron chi connectivity index (χ2n) is 3.30. The van der Waals surface area contributed by atoms with E-state index in [4.69, 9.17) is 16.3 Å². The topological polar surface area (TPSA) is 26.3 Å². The number of halogens is 2. The number of benzene rings is 1. The maximum Gasteiger partial charge on any atom is 0.168 e. The first-order valence-corrected chi connectivity index (χ1v) is 4.93. The van der Waals surface area contributed by atoms with Crippen molar-refractivity contribution >= 4 is 17.4 Å². The number of Topliss-reactive ketones (excluding diaryl/α,β-unsaturated/α-hetero) is 1. The highest BCUT2D eigenvalue weighted by atomic mass is 35.5. The quantitative estimate of drug-likeness (QED) is 0.743. The molecule has 0 fully saturated rings. The molecule has 0 N–H and O–H groups in total.